The van der Waals surface area contributed by atoms with E-state index in [2.05, 4.69) is 0 Å². The average Bonchev–Trinajstić information content (AvgIpc) is 2.67. The summed E-state index contributed by atoms with van der Waals surface area (Å²) in [7, 11) is -4.15. The molecule has 0 aromatic rings. The molecule has 0 saturated heterocycles. The molecule has 0 atom stereocenters. The minimum Gasteiger partial charge on any atom is -0.399 e. The van der Waals surface area contributed by atoms with E-state index in [1.807, 2.05) is 0 Å². The van der Waals surface area contributed by atoms with E-state index in [9.17, 15) is 70.2 Å². The lowest BCUT2D eigenvalue weighted by Crippen LogP contribution is -2.74. The van der Waals surface area contributed by atoms with Crippen LogP contribution in [0.25, 0.3) is 0 Å². The van der Waals surface area contributed by atoms with E-state index >= 15 is 0 Å². The van der Waals surface area contributed by atoms with Crippen molar-refractivity contribution < 1.29 is 85.6 Å². The van der Waals surface area contributed by atoms with Gasteiger partial charge in [-0.05, 0) is 6.04 Å². The predicted molar refractivity (Wildman–Crippen MR) is 81.7 cm³/mol. The zero-order chi connectivity index (χ0) is 28.0. The number of aliphatic hydroxyl groups is 3. The van der Waals surface area contributed by atoms with Gasteiger partial charge in [-0.3, -0.25) is 0 Å². The smallest absolute Gasteiger partial charge is 0.384 e. The molecule has 0 saturated carbocycles. The fourth-order valence-corrected chi connectivity index (χ4v) is 3.88. The Balaban J connectivity index is 6.55. The summed E-state index contributed by atoms with van der Waals surface area (Å²) >= 11 is 0. The van der Waals surface area contributed by atoms with E-state index < -0.39 is 93.5 Å². The van der Waals surface area contributed by atoms with Crippen LogP contribution in [0.2, 0.25) is 6.04 Å². The van der Waals surface area contributed by atoms with Crippen molar-refractivity contribution in [2.24, 2.45) is 0 Å². The molecule has 0 unspecified atom stereocenters. The predicted octanol–water partition coefficient (Wildman–Crippen LogP) is 4.52. The first-order valence-corrected chi connectivity index (χ1v) is 11.3. The molecule has 0 aromatic heterocycles. The Morgan fingerprint density at radius 1 is 0.471 bits per heavy atom. The van der Waals surface area contributed by atoms with Gasteiger partial charge < -0.3 is 15.3 Å². The number of alkyl halides is 16. The summed E-state index contributed by atoms with van der Waals surface area (Å²) in [6.07, 6.45) is -6.76. The van der Waals surface area contributed by atoms with Crippen LogP contribution >= 0.6 is 0 Å². The molecule has 3 nitrogen and oxygen atoms in total. The molecule has 0 amide bonds. The number of hydrogen-bond acceptors (Lipinski definition) is 3. The van der Waals surface area contributed by atoms with Crippen LogP contribution in [0.3, 0.4) is 0 Å². The van der Waals surface area contributed by atoms with Gasteiger partial charge >= 0.3 is 47.4 Å². The van der Waals surface area contributed by atoms with Gasteiger partial charge in [-0.1, -0.05) is 0 Å². The first-order valence-electron chi connectivity index (χ1n) is 8.49. The molecule has 0 bridgehead atoms. The molecule has 0 aliphatic heterocycles. The van der Waals surface area contributed by atoms with Crippen molar-refractivity contribution >= 4 is 8.07 Å². The van der Waals surface area contributed by atoms with Crippen molar-refractivity contribution in [3.63, 3.8) is 0 Å². The van der Waals surface area contributed by atoms with E-state index in [1.54, 1.807) is 0 Å². The van der Waals surface area contributed by atoms with Gasteiger partial charge in [0.25, 0.3) is 0 Å². The fourth-order valence-electron chi connectivity index (χ4n) is 2.26. The van der Waals surface area contributed by atoms with Gasteiger partial charge in [-0.25, -0.2) is 0 Å². The maximum Gasteiger partial charge on any atom is 0.384 e. The van der Waals surface area contributed by atoms with Gasteiger partial charge in [-0.15, -0.1) is 0 Å². The maximum atomic E-state index is 13.8. The minimum absolute atomic E-state index is 1.23. The van der Waals surface area contributed by atoms with Crippen molar-refractivity contribution in [2.75, 3.05) is 18.7 Å². The topological polar surface area (TPSA) is 60.7 Å². The Kier molecular flexibility index (Phi) is 8.85. The van der Waals surface area contributed by atoms with E-state index in [1.165, 1.54) is 0 Å². The van der Waals surface area contributed by atoms with Crippen molar-refractivity contribution in [1.29, 1.82) is 0 Å². The molecular formula is C14H16F16O3Si. The molecule has 206 valence electrons. The highest BCUT2D eigenvalue weighted by atomic mass is 28.3. The van der Waals surface area contributed by atoms with Gasteiger partial charge in [-0.2, -0.15) is 70.2 Å². The van der Waals surface area contributed by atoms with Crippen molar-refractivity contribution in [1.82, 2.24) is 0 Å². The van der Waals surface area contributed by atoms with Crippen molar-refractivity contribution in [3.05, 3.63) is 0 Å². The summed E-state index contributed by atoms with van der Waals surface area (Å²) in [4.78, 5) is 0. The Morgan fingerprint density at radius 2 is 0.735 bits per heavy atom. The first-order chi connectivity index (χ1) is 14.6. The molecule has 0 rings (SSSR count). The van der Waals surface area contributed by atoms with Gasteiger partial charge in [0.1, 0.15) is 8.07 Å². The zero-order valence-corrected chi connectivity index (χ0v) is 17.4. The Hall–Kier alpha value is -1.02. The van der Waals surface area contributed by atoms with Crippen LogP contribution in [0.5, 0.6) is 0 Å². The van der Waals surface area contributed by atoms with Gasteiger partial charge in [0.05, 0.1) is 0 Å². The number of aliphatic hydroxyl groups excluding tert-OH is 3. The minimum atomic E-state index is -8.48. The molecule has 0 spiro atoms. The Labute approximate surface area is 180 Å². The number of rotatable bonds is 13. The Morgan fingerprint density at radius 3 is 1.00 bits per heavy atom. The summed E-state index contributed by atoms with van der Waals surface area (Å²) in [6, 6.07) is -1.63. The molecule has 34 heavy (non-hydrogen) atoms. The van der Waals surface area contributed by atoms with E-state index in [4.69, 9.17) is 15.3 Å². The van der Waals surface area contributed by atoms with Crippen LogP contribution in [-0.2, 0) is 0 Å². The monoisotopic (exact) mass is 564 g/mol. The molecule has 20 heteroatoms. The van der Waals surface area contributed by atoms with Crippen LogP contribution in [0.4, 0.5) is 70.2 Å². The Bertz CT molecular complexity index is 693. The molecule has 0 aliphatic rings. The second-order valence-corrected chi connectivity index (χ2v) is 12.0. The summed E-state index contributed by atoms with van der Waals surface area (Å²) in [6.45, 7) is -1.23. The lowest BCUT2D eigenvalue weighted by Gasteiger charge is -2.43. The van der Waals surface area contributed by atoms with E-state index in [0.29, 0.717) is 0 Å². The third kappa shape index (κ3) is 4.58. The second-order valence-electron chi connectivity index (χ2n) is 7.51. The molecule has 0 aliphatic carbocycles. The second kappa shape index (κ2) is 9.13. The molecular weight excluding hydrogens is 548 g/mol. The van der Waals surface area contributed by atoms with Gasteiger partial charge in [0.15, 0.2) is 0 Å². The van der Waals surface area contributed by atoms with Crippen molar-refractivity contribution in [3.8, 4) is 0 Å². The summed E-state index contributed by atoms with van der Waals surface area (Å²) in [5.74, 6) is -61.5. The lowest BCUT2D eigenvalue weighted by molar-refractivity contribution is -0.452. The van der Waals surface area contributed by atoms with Crippen LogP contribution < -0.4 is 0 Å². The quantitative estimate of drug-likeness (QED) is 0.228. The molecule has 0 fully saturated rings. The lowest BCUT2D eigenvalue weighted by atomic mass is 9.87. The highest BCUT2D eigenvalue weighted by Crippen LogP contribution is 2.64. The largest absolute Gasteiger partial charge is 0.399 e. The third-order valence-electron chi connectivity index (χ3n) is 4.96. The highest BCUT2D eigenvalue weighted by molar-refractivity contribution is 6.79. The summed E-state index contributed by atoms with van der Waals surface area (Å²) in [5.41, 5.74) is 0. The summed E-state index contributed by atoms with van der Waals surface area (Å²) in [5, 5.41) is 26.8. The van der Waals surface area contributed by atoms with Gasteiger partial charge in [0.2, 0.25) is 0 Å². The van der Waals surface area contributed by atoms with Crippen LogP contribution in [0.1, 0.15) is 13.3 Å². The first kappa shape index (κ1) is 33.0. The molecule has 0 radical (unpaired) electrons. The standard InChI is InChI=1S/C14H16F16O3Si/c1-7(15,16)9(19,20)11(23,24)13(27,28)14(29,30)12(25,26)10(21,22)8(17,18)2-3-34(4-31,5-32)6-33/h31-33H,2-6H2,1H3. The fraction of sp³-hybridized carbons (Fsp3) is 1.00. The van der Waals surface area contributed by atoms with Crippen LogP contribution in [0, 0.1) is 0 Å². The zero-order valence-electron chi connectivity index (χ0n) is 16.4. The maximum absolute atomic E-state index is 13.8. The number of halogens is 16. The molecule has 0 heterocycles. The van der Waals surface area contributed by atoms with Gasteiger partial charge in [0, 0.05) is 32.0 Å². The SMILES string of the molecule is CC(F)(F)C(F)(F)C(F)(F)C(F)(F)C(F)(F)C(F)(F)C(F)(F)C(F)(F)CC[Si](CO)(CO)CO. The third-order valence-corrected chi connectivity index (χ3v) is 8.28. The van der Waals surface area contributed by atoms with E-state index in [0.717, 1.165) is 0 Å². The number of hydrogen-bond donors (Lipinski definition) is 3. The summed E-state index contributed by atoms with van der Waals surface area (Å²) < 4.78 is 215. The average molecular weight is 564 g/mol. The molecule has 0 aromatic carbocycles. The van der Waals surface area contributed by atoms with E-state index in [-0.39, 0.29) is 0 Å². The van der Waals surface area contributed by atoms with Crippen molar-refractivity contribution in [2.45, 2.75) is 66.8 Å². The normalized spacial score (nSPS) is 16.2. The highest BCUT2D eigenvalue weighted by Gasteiger charge is 2.94. The molecule has 3 N–H and O–H groups in total. The van der Waals surface area contributed by atoms with Crippen LogP contribution in [0.15, 0.2) is 0 Å². The van der Waals surface area contributed by atoms with Crippen LogP contribution in [-0.4, -0.2) is 89.5 Å².